The van der Waals surface area contributed by atoms with Gasteiger partial charge >= 0.3 is 0 Å². The van der Waals surface area contributed by atoms with Crippen LogP contribution in [-0.4, -0.2) is 25.8 Å². The Hall–Kier alpha value is -0.0800. The Morgan fingerprint density at radius 2 is 1.94 bits per heavy atom. The smallest absolute Gasteiger partial charge is 0.0616 e. The molecule has 2 atom stereocenters. The van der Waals surface area contributed by atoms with Crippen molar-refractivity contribution < 1.29 is 4.74 Å². The van der Waals surface area contributed by atoms with Gasteiger partial charge < -0.3 is 10.1 Å². The van der Waals surface area contributed by atoms with E-state index in [1.807, 2.05) is 0 Å². The summed E-state index contributed by atoms with van der Waals surface area (Å²) in [6.07, 6.45) is 5.57. The summed E-state index contributed by atoms with van der Waals surface area (Å²) in [5, 5.41) is 3.67. The summed E-state index contributed by atoms with van der Waals surface area (Å²) in [5.41, 5.74) is 0.381. The van der Waals surface area contributed by atoms with Crippen molar-refractivity contribution in [3.8, 4) is 0 Å². The molecule has 0 aromatic rings. The Morgan fingerprint density at radius 3 is 2.39 bits per heavy atom. The highest BCUT2D eigenvalue weighted by atomic mass is 16.5. The molecule has 0 aliphatic carbocycles. The van der Waals surface area contributed by atoms with Crippen LogP contribution in [0.2, 0.25) is 0 Å². The van der Waals surface area contributed by atoms with Crippen molar-refractivity contribution in [2.45, 2.75) is 66.4 Å². The zero-order valence-corrected chi connectivity index (χ0v) is 13.1. The minimum absolute atomic E-state index is 0.381. The predicted molar refractivity (Wildman–Crippen MR) is 78.9 cm³/mol. The van der Waals surface area contributed by atoms with E-state index in [4.69, 9.17) is 4.74 Å². The molecule has 1 saturated heterocycles. The van der Waals surface area contributed by atoms with E-state index in [1.165, 1.54) is 25.7 Å². The van der Waals surface area contributed by atoms with Crippen molar-refractivity contribution in [2.24, 2.45) is 17.3 Å². The molecule has 0 saturated carbocycles. The van der Waals surface area contributed by atoms with Crippen LogP contribution in [0.15, 0.2) is 0 Å². The summed E-state index contributed by atoms with van der Waals surface area (Å²) in [5.74, 6) is 1.59. The van der Waals surface area contributed by atoms with Crippen LogP contribution in [0.25, 0.3) is 0 Å². The van der Waals surface area contributed by atoms with Gasteiger partial charge in [0.25, 0.3) is 0 Å². The molecular weight excluding hydrogens is 222 g/mol. The first-order valence-corrected chi connectivity index (χ1v) is 7.86. The van der Waals surface area contributed by atoms with Gasteiger partial charge in [0.05, 0.1) is 6.10 Å². The van der Waals surface area contributed by atoms with Crippen molar-refractivity contribution in [3.63, 3.8) is 0 Å². The summed E-state index contributed by atoms with van der Waals surface area (Å²) < 4.78 is 5.88. The second-order valence-electron chi connectivity index (χ2n) is 6.54. The van der Waals surface area contributed by atoms with Gasteiger partial charge in [0.2, 0.25) is 0 Å². The first-order chi connectivity index (χ1) is 8.54. The number of rotatable bonds is 8. The highest BCUT2D eigenvalue weighted by Gasteiger charge is 2.42. The zero-order chi connectivity index (χ0) is 13.6. The average molecular weight is 255 g/mol. The number of hydrogen-bond acceptors (Lipinski definition) is 2. The standard InChI is InChI=1S/C16H33NO/c1-6-15(7-2)10-16(8-9-18-14(16)5)12-17-11-13(3)4/h13-15,17H,6-12H2,1-5H3. The van der Waals surface area contributed by atoms with E-state index in [0.29, 0.717) is 11.5 Å². The third-order valence-corrected chi connectivity index (χ3v) is 4.71. The molecule has 2 nitrogen and oxygen atoms in total. The first-order valence-electron chi connectivity index (χ1n) is 7.86. The molecule has 1 fully saturated rings. The van der Waals surface area contributed by atoms with Crippen LogP contribution >= 0.6 is 0 Å². The van der Waals surface area contributed by atoms with Gasteiger partial charge in [-0.25, -0.2) is 0 Å². The van der Waals surface area contributed by atoms with Crippen molar-refractivity contribution in [1.29, 1.82) is 0 Å². The summed E-state index contributed by atoms with van der Waals surface area (Å²) in [6.45, 7) is 14.7. The van der Waals surface area contributed by atoms with E-state index in [0.717, 1.165) is 31.5 Å². The van der Waals surface area contributed by atoms with Crippen molar-refractivity contribution in [2.75, 3.05) is 19.7 Å². The fourth-order valence-corrected chi connectivity index (χ4v) is 3.15. The second kappa shape index (κ2) is 7.49. The maximum Gasteiger partial charge on any atom is 0.0616 e. The Bertz CT molecular complexity index is 225. The molecule has 0 bridgehead atoms. The predicted octanol–water partition coefficient (Wildman–Crippen LogP) is 3.85. The maximum absolute atomic E-state index is 5.88. The van der Waals surface area contributed by atoms with E-state index in [-0.39, 0.29) is 0 Å². The van der Waals surface area contributed by atoms with Crippen LogP contribution in [0.4, 0.5) is 0 Å². The van der Waals surface area contributed by atoms with E-state index < -0.39 is 0 Å². The van der Waals surface area contributed by atoms with Crippen molar-refractivity contribution in [3.05, 3.63) is 0 Å². The fraction of sp³-hybridized carbons (Fsp3) is 1.00. The molecule has 2 unspecified atom stereocenters. The molecule has 1 rings (SSSR count). The van der Waals surface area contributed by atoms with Crippen LogP contribution in [-0.2, 0) is 4.74 Å². The lowest BCUT2D eigenvalue weighted by Gasteiger charge is -2.36. The molecule has 1 aliphatic rings. The molecule has 1 heterocycles. The number of hydrogen-bond donors (Lipinski definition) is 1. The van der Waals surface area contributed by atoms with Gasteiger partial charge in [-0.05, 0) is 38.1 Å². The molecule has 2 heteroatoms. The lowest BCUT2D eigenvalue weighted by Crippen LogP contribution is -2.42. The Balaban J connectivity index is 2.58. The fourth-order valence-electron chi connectivity index (χ4n) is 3.15. The monoisotopic (exact) mass is 255 g/mol. The highest BCUT2D eigenvalue weighted by molar-refractivity contribution is 4.92. The van der Waals surface area contributed by atoms with Crippen LogP contribution in [0.5, 0.6) is 0 Å². The molecule has 0 aromatic carbocycles. The normalized spacial score (nSPS) is 28.5. The summed E-state index contributed by atoms with van der Waals surface area (Å²) >= 11 is 0. The number of nitrogens with one attached hydrogen (secondary N) is 1. The SMILES string of the molecule is CCC(CC)CC1(CNCC(C)C)CCOC1C. The van der Waals surface area contributed by atoms with Crippen LogP contribution in [0.1, 0.15) is 60.3 Å². The third kappa shape index (κ3) is 4.24. The quantitative estimate of drug-likeness (QED) is 0.711. The third-order valence-electron chi connectivity index (χ3n) is 4.71. The molecule has 0 radical (unpaired) electrons. The lowest BCUT2D eigenvalue weighted by molar-refractivity contribution is 0.0478. The van der Waals surface area contributed by atoms with Crippen LogP contribution in [0.3, 0.4) is 0 Å². The largest absolute Gasteiger partial charge is 0.378 e. The minimum atomic E-state index is 0.381. The Morgan fingerprint density at radius 1 is 1.28 bits per heavy atom. The van der Waals surface area contributed by atoms with Gasteiger partial charge in [-0.2, -0.15) is 0 Å². The van der Waals surface area contributed by atoms with E-state index in [1.54, 1.807) is 0 Å². The molecule has 0 amide bonds. The average Bonchev–Trinajstić information content (AvgIpc) is 2.68. The Kier molecular flexibility index (Phi) is 6.65. The van der Waals surface area contributed by atoms with E-state index in [2.05, 4.69) is 39.9 Å². The van der Waals surface area contributed by atoms with Crippen molar-refractivity contribution in [1.82, 2.24) is 5.32 Å². The van der Waals surface area contributed by atoms with Gasteiger partial charge in [-0.1, -0.05) is 40.5 Å². The van der Waals surface area contributed by atoms with Crippen LogP contribution in [0, 0.1) is 17.3 Å². The Labute approximate surface area is 114 Å². The topological polar surface area (TPSA) is 21.3 Å². The molecule has 0 aromatic heterocycles. The van der Waals surface area contributed by atoms with Gasteiger partial charge in [0.15, 0.2) is 0 Å². The highest BCUT2D eigenvalue weighted by Crippen LogP contribution is 2.41. The molecule has 1 N–H and O–H groups in total. The molecular formula is C16H33NO. The van der Waals surface area contributed by atoms with Crippen LogP contribution < -0.4 is 5.32 Å². The summed E-state index contributed by atoms with van der Waals surface area (Å²) in [4.78, 5) is 0. The molecule has 1 aliphatic heterocycles. The maximum atomic E-state index is 5.88. The van der Waals surface area contributed by atoms with E-state index in [9.17, 15) is 0 Å². The number of ether oxygens (including phenoxy) is 1. The molecule has 18 heavy (non-hydrogen) atoms. The molecule has 108 valence electrons. The lowest BCUT2D eigenvalue weighted by atomic mass is 9.73. The van der Waals surface area contributed by atoms with Gasteiger partial charge in [0.1, 0.15) is 0 Å². The van der Waals surface area contributed by atoms with E-state index >= 15 is 0 Å². The summed E-state index contributed by atoms with van der Waals surface area (Å²) in [6, 6.07) is 0. The van der Waals surface area contributed by atoms with Gasteiger partial charge in [-0.3, -0.25) is 0 Å². The second-order valence-corrected chi connectivity index (χ2v) is 6.54. The van der Waals surface area contributed by atoms with Crippen molar-refractivity contribution >= 4 is 0 Å². The first kappa shape index (κ1) is 16.0. The van der Waals surface area contributed by atoms with Gasteiger partial charge in [-0.15, -0.1) is 0 Å². The zero-order valence-electron chi connectivity index (χ0n) is 13.1. The molecule has 0 spiro atoms. The summed E-state index contributed by atoms with van der Waals surface area (Å²) in [7, 11) is 0. The minimum Gasteiger partial charge on any atom is -0.378 e. The van der Waals surface area contributed by atoms with Gasteiger partial charge in [0, 0.05) is 18.6 Å².